The summed E-state index contributed by atoms with van der Waals surface area (Å²) in [6, 6.07) is 5.51. The van der Waals surface area contributed by atoms with Crippen molar-refractivity contribution in [1.29, 1.82) is 0 Å². The molecule has 1 aromatic carbocycles. The van der Waals surface area contributed by atoms with Crippen LogP contribution in [0.25, 0.3) is 0 Å². The van der Waals surface area contributed by atoms with Crippen molar-refractivity contribution in [2.45, 2.75) is 51.7 Å². The van der Waals surface area contributed by atoms with Crippen molar-refractivity contribution in [1.82, 2.24) is 14.9 Å². The number of aliphatic hydroxyl groups excluding tert-OH is 1. The number of nitrogens with one attached hydrogen (secondary N) is 1. The Balaban J connectivity index is 1.55. The van der Waals surface area contributed by atoms with E-state index in [0.717, 1.165) is 5.56 Å². The molecule has 3 heterocycles. The fourth-order valence-corrected chi connectivity index (χ4v) is 4.51. The van der Waals surface area contributed by atoms with Crippen LogP contribution in [0.4, 0.5) is 14.6 Å². The van der Waals surface area contributed by atoms with E-state index in [0.29, 0.717) is 56.2 Å². The number of carbonyl (C=O) groups excluding carboxylic acids is 1. The van der Waals surface area contributed by atoms with Crippen LogP contribution in [0.3, 0.4) is 0 Å². The maximum atomic E-state index is 13.9. The molecule has 2 N–H and O–H groups in total. The third-order valence-electron chi connectivity index (χ3n) is 6.52. The first-order valence-corrected chi connectivity index (χ1v) is 11.3. The summed E-state index contributed by atoms with van der Waals surface area (Å²) in [4.78, 5) is 23.7. The summed E-state index contributed by atoms with van der Waals surface area (Å²) in [5, 5.41) is 12.3. The molecule has 1 fully saturated rings. The molecule has 0 radical (unpaired) electrons. The van der Waals surface area contributed by atoms with Gasteiger partial charge >= 0.3 is 0 Å². The van der Waals surface area contributed by atoms with E-state index in [-0.39, 0.29) is 22.8 Å². The molecule has 0 unspecified atom stereocenters. The maximum absolute atomic E-state index is 13.9. The van der Waals surface area contributed by atoms with E-state index in [9.17, 15) is 13.6 Å². The summed E-state index contributed by atoms with van der Waals surface area (Å²) in [5.41, 5.74) is 1.31. The zero-order valence-electron chi connectivity index (χ0n) is 18.6. The Morgan fingerprint density at radius 1 is 1.33 bits per heavy atom. The number of benzene rings is 1. The summed E-state index contributed by atoms with van der Waals surface area (Å²) in [6.07, 6.45) is 1.34. The zero-order chi connectivity index (χ0) is 23.8. The number of hydrogen-bond acceptors (Lipinski definition) is 6. The molecular weight excluding hydrogens is 454 g/mol. The van der Waals surface area contributed by atoms with E-state index in [4.69, 9.17) is 21.4 Å². The molecule has 1 aromatic heterocycles. The van der Waals surface area contributed by atoms with Gasteiger partial charge in [0.2, 0.25) is 11.2 Å². The van der Waals surface area contributed by atoms with E-state index in [1.807, 2.05) is 13.8 Å². The Labute approximate surface area is 196 Å². The number of hydrogen-bond donors (Lipinski definition) is 2. The lowest BCUT2D eigenvalue weighted by Gasteiger charge is -2.35. The highest BCUT2D eigenvalue weighted by atomic mass is 35.5. The first-order valence-electron chi connectivity index (χ1n) is 10.9. The molecule has 7 nitrogen and oxygen atoms in total. The molecule has 0 spiro atoms. The van der Waals surface area contributed by atoms with Crippen molar-refractivity contribution >= 4 is 23.3 Å². The molecule has 1 amide bonds. The Kier molecular flexibility index (Phi) is 6.57. The van der Waals surface area contributed by atoms with Crippen LogP contribution in [-0.4, -0.2) is 45.7 Å². The molecule has 1 atom stereocenters. The van der Waals surface area contributed by atoms with Crippen LogP contribution in [-0.2, 0) is 28.5 Å². The van der Waals surface area contributed by atoms with Gasteiger partial charge in [-0.25, -0.2) is 9.97 Å². The summed E-state index contributed by atoms with van der Waals surface area (Å²) >= 11 is 6.16. The Bertz CT molecular complexity index is 1050. The summed E-state index contributed by atoms with van der Waals surface area (Å²) in [7, 11) is 0. The molecule has 178 valence electrons. The third kappa shape index (κ3) is 4.81. The highest BCUT2D eigenvalue weighted by Gasteiger charge is 2.41. The average molecular weight is 481 g/mol. The monoisotopic (exact) mass is 480 g/mol. The van der Waals surface area contributed by atoms with E-state index < -0.39 is 17.9 Å². The summed E-state index contributed by atoms with van der Waals surface area (Å²) < 4.78 is 33.3. The largest absolute Gasteiger partial charge is 0.390 e. The van der Waals surface area contributed by atoms with Gasteiger partial charge in [0.1, 0.15) is 12.4 Å². The molecule has 4 rings (SSSR count). The molecule has 2 aliphatic heterocycles. The van der Waals surface area contributed by atoms with E-state index in [1.165, 1.54) is 18.2 Å². The van der Waals surface area contributed by atoms with Crippen LogP contribution >= 0.6 is 11.6 Å². The van der Waals surface area contributed by atoms with Gasteiger partial charge in [0.15, 0.2) is 0 Å². The van der Waals surface area contributed by atoms with Crippen molar-refractivity contribution in [3.63, 3.8) is 0 Å². The van der Waals surface area contributed by atoms with Gasteiger partial charge in [0.05, 0.1) is 24.2 Å². The number of nitrogens with zero attached hydrogens (tertiary/aromatic N) is 3. The van der Waals surface area contributed by atoms with Crippen molar-refractivity contribution < 1.29 is 23.4 Å². The first kappa shape index (κ1) is 23.8. The average Bonchev–Trinajstić information content (AvgIpc) is 3.23. The predicted molar refractivity (Wildman–Crippen MR) is 119 cm³/mol. The zero-order valence-corrected chi connectivity index (χ0v) is 19.3. The fraction of sp³-hybridized carbons (Fsp3) is 0.522. The van der Waals surface area contributed by atoms with Gasteiger partial charge < -0.3 is 20.1 Å². The second kappa shape index (κ2) is 9.12. The number of carbonyl (C=O) groups is 1. The van der Waals surface area contributed by atoms with Gasteiger partial charge in [-0.2, -0.15) is 8.78 Å². The first-order chi connectivity index (χ1) is 15.6. The molecule has 2 aliphatic rings. The van der Waals surface area contributed by atoms with Crippen molar-refractivity contribution in [2.75, 3.05) is 25.1 Å². The van der Waals surface area contributed by atoms with E-state index >= 15 is 0 Å². The number of amides is 1. The molecule has 0 bridgehead atoms. The number of aliphatic hydroxyl groups is 1. The molecule has 1 saturated heterocycles. The fourth-order valence-electron chi connectivity index (χ4n) is 4.32. The molecule has 10 heteroatoms. The van der Waals surface area contributed by atoms with Gasteiger partial charge in [0, 0.05) is 30.4 Å². The number of fused-ring (bicyclic) bond motifs is 1. The molecule has 2 aromatic rings. The summed E-state index contributed by atoms with van der Waals surface area (Å²) in [5.74, 6) is -2.79. The summed E-state index contributed by atoms with van der Waals surface area (Å²) in [6.45, 7) is 4.34. The number of alkyl halides is 2. The standard InChI is InChI=1S/C23H27ClF2N4O3/c1-14(15-4-3-5-16(10-15)23(25,26)13-31)27-19-17-11-30(12-18(17)28-21(24)29-19)20(32)22(2)6-8-33-9-7-22/h3-5,10,14,31H,6-9,11-13H2,1-2H3,(H,27,28,29)/t14-/m1/s1. The maximum Gasteiger partial charge on any atom is 0.295 e. The SMILES string of the molecule is C[C@@H](Nc1nc(Cl)nc2c1CN(C(=O)C1(C)CCOCC1)C2)c1cccc(C(F)(F)CO)c1. The second-order valence-corrected chi connectivity index (χ2v) is 9.29. The molecule has 33 heavy (non-hydrogen) atoms. The minimum atomic E-state index is -3.32. The lowest BCUT2D eigenvalue weighted by atomic mass is 9.81. The Morgan fingerprint density at radius 3 is 2.76 bits per heavy atom. The normalized spacial score (nSPS) is 18.7. The minimum absolute atomic E-state index is 0.0515. The highest BCUT2D eigenvalue weighted by molar-refractivity contribution is 6.28. The molecule has 0 aliphatic carbocycles. The van der Waals surface area contributed by atoms with Crippen molar-refractivity contribution in [3.05, 3.63) is 51.9 Å². The number of halogens is 3. The third-order valence-corrected chi connectivity index (χ3v) is 6.68. The van der Waals surface area contributed by atoms with Crippen LogP contribution in [0, 0.1) is 5.41 Å². The second-order valence-electron chi connectivity index (χ2n) is 8.95. The highest BCUT2D eigenvalue weighted by Crippen LogP contribution is 2.37. The van der Waals surface area contributed by atoms with Crippen LogP contribution in [0.15, 0.2) is 24.3 Å². The van der Waals surface area contributed by atoms with Crippen LogP contribution < -0.4 is 5.32 Å². The minimum Gasteiger partial charge on any atom is -0.390 e. The van der Waals surface area contributed by atoms with Crippen LogP contribution in [0.2, 0.25) is 5.28 Å². The van der Waals surface area contributed by atoms with Gasteiger partial charge in [0.25, 0.3) is 5.92 Å². The van der Waals surface area contributed by atoms with Gasteiger partial charge in [-0.3, -0.25) is 4.79 Å². The quantitative estimate of drug-likeness (QED) is 0.607. The molecular formula is C23H27ClF2N4O3. The number of ether oxygens (including phenoxy) is 1. The lowest BCUT2D eigenvalue weighted by Crippen LogP contribution is -2.43. The number of rotatable bonds is 6. The van der Waals surface area contributed by atoms with Crippen LogP contribution in [0.1, 0.15) is 55.1 Å². The Morgan fingerprint density at radius 2 is 2.06 bits per heavy atom. The van der Waals surface area contributed by atoms with Gasteiger partial charge in [-0.1, -0.05) is 25.1 Å². The van der Waals surface area contributed by atoms with E-state index in [1.54, 1.807) is 11.0 Å². The van der Waals surface area contributed by atoms with Gasteiger partial charge in [-0.05, 0) is 43.0 Å². The predicted octanol–water partition coefficient (Wildman–Crippen LogP) is 4.05. The number of anilines is 1. The van der Waals surface area contributed by atoms with Crippen LogP contribution in [0.5, 0.6) is 0 Å². The number of aromatic nitrogens is 2. The molecule has 0 saturated carbocycles. The van der Waals surface area contributed by atoms with Crippen molar-refractivity contribution in [3.8, 4) is 0 Å². The lowest BCUT2D eigenvalue weighted by molar-refractivity contribution is -0.147. The Hall–Kier alpha value is -2.36. The van der Waals surface area contributed by atoms with Gasteiger partial charge in [-0.15, -0.1) is 0 Å². The van der Waals surface area contributed by atoms with E-state index in [2.05, 4.69) is 15.3 Å². The van der Waals surface area contributed by atoms with Crippen molar-refractivity contribution in [2.24, 2.45) is 5.41 Å². The topological polar surface area (TPSA) is 87.6 Å². The smallest absolute Gasteiger partial charge is 0.295 e.